The number of likely N-dealkylation sites (tertiary alicyclic amines) is 2. The summed E-state index contributed by atoms with van der Waals surface area (Å²) in [6, 6.07) is 0.637. The van der Waals surface area contributed by atoms with Gasteiger partial charge in [-0.2, -0.15) is 0 Å². The van der Waals surface area contributed by atoms with Crippen LogP contribution in [0.3, 0.4) is 0 Å². The molecule has 2 fully saturated rings. The number of nitrogens with zero attached hydrogens (tertiary/aromatic N) is 2. The largest absolute Gasteiger partial charge is 0.343 e. The van der Waals surface area contributed by atoms with Gasteiger partial charge in [0.25, 0.3) is 0 Å². The lowest BCUT2D eigenvalue weighted by molar-refractivity contribution is -0.127. The molecule has 1 radical (unpaired) electrons. The van der Waals surface area contributed by atoms with Crippen molar-refractivity contribution in [2.24, 2.45) is 5.92 Å². The first kappa shape index (κ1) is 11.9. The summed E-state index contributed by atoms with van der Waals surface area (Å²) in [5.41, 5.74) is 0. The van der Waals surface area contributed by atoms with Crippen molar-refractivity contribution in [1.29, 1.82) is 0 Å². The summed E-state index contributed by atoms with van der Waals surface area (Å²) in [4.78, 5) is 15.9. The van der Waals surface area contributed by atoms with Gasteiger partial charge in [0.2, 0.25) is 5.91 Å². The SMILES string of the molecule is [CH2]C(CCN1CCCC1=O)C1CCCN1C. The second-order valence-electron chi connectivity index (χ2n) is 5.22. The minimum atomic E-state index is 0.340. The molecular formula is C13H23N2O. The number of carbonyl (C=O) groups excluding carboxylic acids is 1. The Labute approximate surface area is 98.8 Å². The van der Waals surface area contributed by atoms with E-state index in [0.29, 0.717) is 17.9 Å². The number of amides is 1. The Hall–Kier alpha value is -0.570. The van der Waals surface area contributed by atoms with Crippen LogP contribution in [0.15, 0.2) is 0 Å². The normalized spacial score (nSPS) is 29.0. The van der Waals surface area contributed by atoms with E-state index in [9.17, 15) is 4.79 Å². The third-order valence-electron chi connectivity index (χ3n) is 4.06. The van der Waals surface area contributed by atoms with Crippen LogP contribution in [-0.2, 0) is 4.79 Å². The quantitative estimate of drug-likeness (QED) is 0.722. The summed E-state index contributed by atoms with van der Waals surface area (Å²) in [5, 5.41) is 0. The van der Waals surface area contributed by atoms with Gasteiger partial charge < -0.3 is 9.80 Å². The zero-order valence-electron chi connectivity index (χ0n) is 10.3. The predicted octanol–water partition coefficient (Wildman–Crippen LogP) is 1.54. The molecule has 0 aromatic rings. The molecule has 2 heterocycles. The molecule has 0 aromatic carbocycles. The first-order valence-corrected chi connectivity index (χ1v) is 6.49. The summed E-state index contributed by atoms with van der Waals surface area (Å²) in [7, 11) is 2.19. The van der Waals surface area contributed by atoms with E-state index in [0.717, 1.165) is 32.4 Å². The molecule has 2 aliphatic heterocycles. The fraction of sp³-hybridized carbons (Fsp3) is 0.846. The summed E-state index contributed by atoms with van der Waals surface area (Å²) in [5.74, 6) is 0.813. The average Bonchev–Trinajstić information content (AvgIpc) is 2.84. The van der Waals surface area contributed by atoms with Gasteiger partial charge in [-0.25, -0.2) is 0 Å². The van der Waals surface area contributed by atoms with Crippen molar-refractivity contribution >= 4 is 5.91 Å². The molecule has 91 valence electrons. The third kappa shape index (κ3) is 2.57. The molecule has 16 heavy (non-hydrogen) atoms. The van der Waals surface area contributed by atoms with Crippen LogP contribution in [0.1, 0.15) is 32.1 Å². The number of hydrogen-bond acceptors (Lipinski definition) is 2. The molecule has 2 saturated heterocycles. The molecule has 0 spiro atoms. The summed E-state index contributed by atoms with van der Waals surface area (Å²) >= 11 is 0. The topological polar surface area (TPSA) is 23.6 Å². The zero-order valence-corrected chi connectivity index (χ0v) is 10.3. The highest BCUT2D eigenvalue weighted by Gasteiger charge is 2.27. The Bertz CT molecular complexity index is 254. The van der Waals surface area contributed by atoms with E-state index in [1.54, 1.807) is 0 Å². The summed E-state index contributed by atoms with van der Waals surface area (Å²) in [6.45, 7) is 7.36. The maximum Gasteiger partial charge on any atom is 0.222 e. The molecular weight excluding hydrogens is 200 g/mol. The zero-order chi connectivity index (χ0) is 11.5. The molecule has 0 aromatic heterocycles. The van der Waals surface area contributed by atoms with Crippen LogP contribution in [0, 0.1) is 12.8 Å². The molecule has 0 aliphatic carbocycles. The minimum Gasteiger partial charge on any atom is -0.343 e. The molecule has 2 aliphatic rings. The lowest BCUT2D eigenvalue weighted by atomic mass is 9.96. The van der Waals surface area contributed by atoms with Crippen molar-refractivity contribution in [3.05, 3.63) is 6.92 Å². The van der Waals surface area contributed by atoms with Gasteiger partial charge in [-0.1, -0.05) is 0 Å². The molecule has 0 saturated carbocycles. The van der Waals surface area contributed by atoms with Crippen molar-refractivity contribution in [3.8, 4) is 0 Å². The highest BCUT2D eigenvalue weighted by molar-refractivity contribution is 5.77. The first-order chi connectivity index (χ1) is 7.68. The smallest absolute Gasteiger partial charge is 0.222 e. The van der Waals surface area contributed by atoms with E-state index in [2.05, 4.69) is 18.9 Å². The number of hydrogen-bond donors (Lipinski definition) is 0. The predicted molar refractivity (Wildman–Crippen MR) is 64.9 cm³/mol. The highest BCUT2D eigenvalue weighted by atomic mass is 16.2. The van der Waals surface area contributed by atoms with Crippen LogP contribution in [0.25, 0.3) is 0 Å². The van der Waals surface area contributed by atoms with Gasteiger partial charge in [-0.05, 0) is 52.1 Å². The average molecular weight is 223 g/mol. The molecule has 2 unspecified atom stereocenters. The maximum atomic E-state index is 11.5. The van der Waals surface area contributed by atoms with Crippen molar-refractivity contribution in [2.45, 2.75) is 38.1 Å². The van der Waals surface area contributed by atoms with Gasteiger partial charge in [0.1, 0.15) is 0 Å². The molecule has 0 bridgehead atoms. The summed E-state index contributed by atoms with van der Waals surface area (Å²) < 4.78 is 0. The first-order valence-electron chi connectivity index (χ1n) is 6.49. The molecule has 2 atom stereocenters. The third-order valence-corrected chi connectivity index (χ3v) is 4.06. The van der Waals surface area contributed by atoms with Crippen LogP contribution in [0.2, 0.25) is 0 Å². The van der Waals surface area contributed by atoms with Crippen LogP contribution in [0.5, 0.6) is 0 Å². The van der Waals surface area contributed by atoms with E-state index < -0.39 is 0 Å². The van der Waals surface area contributed by atoms with Gasteiger partial charge in [0, 0.05) is 25.6 Å². The van der Waals surface area contributed by atoms with Gasteiger partial charge >= 0.3 is 0 Å². The highest BCUT2D eigenvalue weighted by Crippen LogP contribution is 2.24. The molecule has 1 amide bonds. The Morgan fingerprint density at radius 3 is 2.81 bits per heavy atom. The lowest BCUT2D eigenvalue weighted by Gasteiger charge is -2.27. The Balaban J connectivity index is 1.74. The van der Waals surface area contributed by atoms with E-state index in [-0.39, 0.29) is 0 Å². The molecule has 3 heteroatoms. The van der Waals surface area contributed by atoms with Gasteiger partial charge in [0.15, 0.2) is 0 Å². The van der Waals surface area contributed by atoms with Gasteiger partial charge in [0.05, 0.1) is 0 Å². The Morgan fingerprint density at radius 2 is 2.25 bits per heavy atom. The molecule has 0 N–H and O–H groups in total. The van der Waals surface area contributed by atoms with Crippen LogP contribution < -0.4 is 0 Å². The van der Waals surface area contributed by atoms with Crippen LogP contribution >= 0.6 is 0 Å². The van der Waals surface area contributed by atoms with Crippen LogP contribution in [0.4, 0.5) is 0 Å². The van der Waals surface area contributed by atoms with E-state index in [4.69, 9.17) is 0 Å². The Morgan fingerprint density at radius 1 is 1.44 bits per heavy atom. The minimum absolute atomic E-state index is 0.340. The standard InChI is InChI=1S/C13H23N2O/c1-11(12-5-3-8-14(12)2)7-10-15-9-4-6-13(15)16/h11-12H,1,3-10H2,2H3. The Kier molecular flexibility index (Phi) is 3.85. The second-order valence-corrected chi connectivity index (χ2v) is 5.22. The van der Waals surface area contributed by atoms with Gasteiger partial charge in [-0.3, -0.25) is 4.79 Å². The monoisotopic (exact) mass is 223 g/mol. The van der Waals surface area contributed by atoms with Crippen molar-refractivity contribution < 1.29 is 4.79 Å². The van der Waals surface area contributed by atoms with Crippen LogP contribution in [-0.4, -0.2) is 48.4 Å². The number of rotatable bonds is 4. The van der Waals surface area contributed by atoms with E-state index >= 15 is 0 Å². The number of carbonyl (C=O) groups is 1. The molecule has 3 nitrogen and oxygen atoms in total. The van der Waals surface area contributed by atoms with Crippen molar-refractivity contribution in [2.75, 3.05) is 26.7 Å². The fourth-order valence-corrected chi connectivity index (χ4v) is 2.99. The second kappa shape index (κ2) is 5.17. The lowest BCUT2D eigenvalue weighted by Crippen LogP contribution is -2.34. The molecule has 2 rings (SSSR count). The van der Waals surface area contributed by atoms with Crippen molar-refractivity contribution in [1.82, 2.24) is 9.80 Å². The summed E-state index contributed by atoms with van der Waals surface area (Å²) in [6.07, 6.45) is 5.43. The van der Waals surface area contributed by atoms with Gasteiger partial charge in [-0.15, -0.1) is 0 Å². The fourth-order valence-electron chi connectivity index (χ4n) is 2.99. The van der Waals surface area contributed by atoms with E-state index in [1.807, 2.05) is 4.90 Å². The maximum absolute atomic E-state index is 11.5. The van der Waals surface area contributed by atoms with E-state index in [1.165, 1.54) is 19.4 Å². The van der Waals surface area contributed by atoms with Crippen molar-refractivity contribution in [3.63, 3.8) is 0 Å².